The van der Waals surface area contributed by atoms with Crippen LogP contribution in [0.2, 0.25) is 0 Å². The topological polar surface area (TPSA) is 62.2 Å². The Morgan fingerprint density at radius 3 is 2.47 bits per heavy atom. The summed E-state index contributed by atoms with van der Waals surface area (Å²) >= 11 is 0. The zero-order valence-corrected chi connectivity index (χ0v) is 21.0. The van der Waals surface area contributed by atoms with Gasteiger partial charge >= 0.3 is 0 Å². The minimum atomic E-state index is -0.554. The van der Waals surface area contributed by atoms with Crippen molar-refractivity contribution < 1.29 is 19.4 Å². The van der Waals surface area contributed by atoms with E-state index in [1.165, 1.54) is 5.56 Å². The highest BCUT2D eigenvalue weighted by molar-refractivity contribution is 5.92. The lowest BCUT2D eigenvalue weighted by Crippen LogP contribution is -2.49. The summed E-state index contributed by atoms with van der Waals surface area (Å²) in [7, 11) is 0. The number of amides is 1. The maximum atomic E-state index is 13.6. The number of ether oxygens (including phenoxy) is 2. The summed E-state index contributed by atoms with van der Waals surface area (Å²) in [4.78, 5) is 17.8. The third-order valence-corrected chi connectivity index (χ3v) is 6.99. The van der Waals surface area contributed by atoms with Gasteiger partial charge in [-0.15, -0.1) is 6.42 Å². The second-order valence-corrected chi connectivity index (χ2v) is 9.35. The zero-order chi connectivity index (χ0) is 25.3. The molecule has 190 valence electrons. The number of carbonyl (C=O) groups excluding carboxylic acids is 1. The van der Waals surface area contributed by atoms with E-state index < -0.39 is 6.29 Å². The van der Waals surface area contributed by atoms with E-state index in [-0.39, 0.29) is 24.3 Å². The molecule has 3 atom stereocenters. The highest BCUT2D eigenvalue weighted by Crippen LogP contribution is 2.39. The zero-order valence-electron chi connectivity index (χ0n) is 21.0. The van der Waals surface area contributed by atoms with Gasteiger partial charge in [-0.1, -0.05) is 48.4 Å². The summed E-state index contributed by atoms with van der Waals surface area (Å²) in [5.41, 5.74) is 3.15. The van der Waals surface area contributed by atoms with Crippen LogP contribution in [0.25, 0.3) is 0 Å². The monoisotopic (exact) mass is 488 g/mol. The first-order chi connectivity index (χ1) is 17.6. The molecule has 6 nitrogen and oxygen atoms in total. The van der Waals surface area contributed by atoms with Gasteiger partial charge in [-0.2, -0.15) is 0 Å². The molecule has 1 amide bonds. The van der Waals surface area contributed by atoms with E-state index in [1.807, 2.05) is 48.2 Å². The van der Waals surface area contributed by atoms with E-state index >= 15 is 0 Å². The molecule has 1 saturated heterocycles. The van der Waals surface area contributed by atoms with Crippen LogP contribution in [0.5, 0.6) is 0 Å². The van der Waals surface area contributed by atoms with Crippen molar-refractivity contribution in [2.75, 3.05) is 39.4 Å². The minimum Gasteiger partial charge on any atom is -0.459 e. The molecular weight excluding hydrogens is 452 g/mol. The van der Waals surface area contributed by atoms with Crippen molar-refractivity contribution in [3.63, 3.8) is 0 Å². The molecule has 36 heavy (non-hydrogen) atoms. The van der Waals surface area contributed by atoms with Crippen molar-refractivity contribution in [2.45, 2.75) is 38.5 Å². The number of allylic oxidation sites excluding steroid dienone is 1. The van der Waals surface area contributed by atoms with Crippen LogP contribution in [0.1, 0.15) is 42.4 Å². The lowest BCUT2D eigenvalue weighted by atomic mass is 9.80. The van der Waals surface area contributed by atoms with Gasteiger partial charge < -0.3 is 19.5 Å². The molecule has 2 aliphatic rings. The molecular formula is C30H36N2O4. The van der Waals surface area contributed by atoms with Gasteiger partial charge in [-0.3, -0.25) is 9.69 Å². The van der Waals surface area contributed by atoms with E-state index in [2.05, 4.69) is 35.1 Å². The van der Waals surface area contributed by atoms with Crippen molar-refractivity contribution in [1.82, 2.24) is 9.80 Å². The molecule has 2 heterocycles. The minimum absolute atomic E-state index is 0.0203. The predicted molar refractivity (Wildman–Crippen MR) is 140 cm³/mol. The Balaban J connectivity index is 1.51. The number of piperazine rings is 1. The van der Waals surface area contributed by atoms with Crippen molar-refractivity contribution in [2.24, 2.45) is 5.92 Å². The highest BCUT2D eigenvalue weighted by Gasteiger charge is 2.39. The van der Waals surface area contributed by atoms with E-state index in [9.17, 15) is 9.90 Å². The number of hydrogen-bond acceptors (Lipinski definition) is 5. The van der Waals surface area contributed by atoms with Gasteiger partial charge in [0.15, 0.2) is 5.76 Å². The summed E-state index contributed by atoms with van der Waals surface area (Å²) in [5.74, 6) is 2.81. The molecule has 0 radical (unpaired) electrons. The summed E-state index contributed by atoms with van der Waals surface area (Å²) < 4.78 is 12.2. The fourth-order valence-corrected chi connectivity index (χ4v) is 5.05. The SMILES string of the molecule is C#Cc1ccc([C@@H]2C=C(C(=O)N3CCN(Cc4ccccc4)CC3)O[C@H](OCC)[C@@H]2CCCO)cc1. The molecule has 0 aliphatic carbocycles. The summed E-state index contributed by atoms with van der Waals surface area (Å²) in [6, 6.07) is 18.3. The van der Waals surface area contributed by atoms with Crippen molar-refractivity contribution in [1.29, 1.82) is 0 Å². The van der Waals surface area contributed by atoms with E-state index in [0.29, 0.717) is 31.9 Å². The molecule has 0 unspecified atom stereocenters. The number of nitrogens with zero attached hydrogens (tertiary/aromatic N) is 2. The van der Waals surface area contributed by atoms with Gasteiger partial charge in [0.25, 0.3) is 5.91 Å². The normalized spacial score (nSPS) is 22.4. The van der Waals surface area contributed by atoms with Crippen LogP contribution in [-0.4, -0.2) is 66.5 Å². The predicted octanol–water partition coefficient (Wildman–Crippen LogP) is 3.76. The van der Waals surface area contributed by atoms with Crippen LogP contribution in [0.15, 0.2) is 66.4 Å². The van der Waals surface area contributed by atoms with E-state index in [1.54, 1.807) is 0 Å². The van der Waals surface area contributed by atoms with Crippen LogP contribution >= 0.6 is 0 Å². The number of aliphatic hydroxyl groups is 1. The number of carbonyl (C=O) groups is 1. The Hall–Kier alpha value is -3.11. The second-order valence-electron chi connectivity index (χ2n) is 9.35. The first-order valence-electron chi connectivity index (χ1n) is 12.9. The van der Waals surface area contributed by atoms with Gasteiger partial charge in [0.05, 0.1) is 0 Å². The maximum Gasteiger partial charge on any atom is 0.288 e. The number of aliphatic hydroxyl groups excluding tert-OH is 1. The Kier molecular flexibility index (Phi) is 9.18. The fourth-order valence-electron chi connectivity index (χ4n) is 5.05. The Labute approximate surface area is 214 Å². The Bertz CT molecular complexity index is 1050. The van der Waals surface area contributed by atoms with Crippen LogP contribution in [0.4, 0.5) is 0 Å². The molecule has 0 saturated carbocycles. The van der Waals surface area contributed by atoms with Gasteiger partial charge in [-0.05, 0) is 49.1 Å². The number of terminal acetylenes is 1. The fraction of sp³-hybridized carbons (Fsp3) is 0.433. The molecule has 0 spiro atoms. The van der Waals surface area contributed by atoms with E-state index in [4.69, 9.17) is 15.9 Å². The maximum absolute atomic E-state index is 13.6. The lowest BCUT2D eigenvalue weighted by molar-refractivity contribution is -0.171. The third kappa shape index (κ3) is 6.36. The number of hydrogen-bond donors (Lipinski definition) is 1. The molecule has 1 fully saturated rings. The van der Waals surface area contributed by atoms with Crippen LogP contribution in [-0.2, 0) is 20.8 Å². The average Bonchev–Trinajstić information content (AvgIpc) is 2.93. The standard InChI is InChI=1S/C30H36N2O4/c1-3-23-12-14-25(15-13-23)27-21-28(36-30(35-4-2)26(27)11-8-20-33)29(34)32-18-16-31(17-19-32)22-24-9-6-5-7-10-24/h1,5-7,9-10,12-15,21,26-27,30,33H,4,8,11,16-20,22H2,2H3/t26-,27+,30+/m1/s1. The first-order valence-corrected chi connectivity index (χ1v) is 12.9. The lowest BCUT2D eigenvalue weighted by Gasteiger charge is -2.39. The summed E-state index contributed by atoms with van der Waals surface area (Å²) in [6.07, 6.45) is 8.30. The van der Waals surface area contributed by atoms with Crippen LogP contribution in [0.3, 0.4) is 0 Å². The molecule has 2 aliphatic heterocycles. The Morgan fingerprint density at radius 2 is 1.83 bits per heavy atom. The van der Waals surface area contributed by atoms with Gasteiger partial charge in [0.2, 0.25) is 6.29 Å². The van der Waals surface area contributed by atoms with Gasteiger partial charge in [0.1, 0.15) is 0 Å². The van der Waals surface area contributed by atoms with Gasteiger partial charge in [0, 0.05) is 63.3 Å². The van der Waals surface area contributed by atoms with Crippen LogP contribution in [0, 0.1) is 18.3 Å². The van der Waals surface area contributed by atoms with Crippen LogP contribution < -0.4 is 0 Å². The molecule has 2 aromatic rings. The summed E-state index contributed by atoms with van der Waals surface area (Å²) in [6.45, 7) is 6.33. The molecule has 0 bridgehead atoms. The van der Waals surface area contributed by atoms with Crippen molar-refractivity contribution in [3.8, 4) is 12.3 Å². The molecule has 2 aromatic carbocycles. The number of benzene rings is 2. The Morgan fingerprint density at radius 1 is 1.11 bits per heavy atom. The molecule has 4 rings (SSSR count). The highest BCUT2D eigenvalue weighted by atomic mass is 16.7. The summed E-state index contributed by atoms with van der Waals surface area (Å²) in [5, 5.41) is 9.48. The molecule has 0 aromatic heterocycles. The van der Waals surface area contributed by atoms with Crippen molar-refractivity contribution >= 4 is 5.91 Å². The third-order valence-electron chi connectivity index (χ3n) is 6.99. The average molecular weight is 489 g/mol. The quantitative estimate of drug-likeness (QED) is 0.545. The van der Waals surface area contributed by atoms with E-state index in [0.717, 1.165) is 37.2 Å². The largest absolute Gasteiger partial charge is 0.459 e. The first kappa shape index (κ1) is 26.0. The molecule has 6 heteroatoms. The van der Waals surface area contributed by atoms with Gasteiger partial charge in [-0.25, -0.2) is 0 Å². The number of rotatable bonds is 9. The van der Waals surface area contributed by atoms with Crippen molar-refractivity contribution in [3.05, 3.63) is 83.1 Å². The molecule has 1 N–H and O–H groups in total. The second kappa shape index (κ2) is 12.7. The smallest absolute Gasteiger partial charge is 0.288 e.